The molecular weight excluding hydrogens is 698 g/mol. The lowest BCUT2D eigenvalue weighted by molar-refractivity contribution is -0.122. The van der Waals surface area contributed by atoms with Crippen LogP contribution < -0.4 is 5.32 Å². The molecule has 6 rings (SSSR count). The van der Waals surface area contributed by atoms with Crippen molar-refractivity contribution >= 4 is 59.1 Å². The van der Waals surface area contributed by atoms with E-state index in [2.05, 4.69) is 10.4 Å². The summed E-state index contributed by atoms with van der Waals surface area (Å²) in [6.07, 6.45) is 2.81. The fourth-order valence-corrected chi connectivity index (χ4v) is 9.44. The van der Waals surface area contributed by atoms with Crippen molar-refractivity contribution in [2.75, 3.05) is 18.4 Å². The molecule has 3 heterocycles. The van der Waals surface area contributed by atoms with Gasteiger partial charge in [-0.3, -0.25) is 9.59 Å². The molecule has 2 aliphatic rings. The van der Waals surface area contributed by atoms with Crippen LogP contribution in [0.1, 0.15) is 56.4 Å². The van der Waals surface area contributed by atoms with Gasteiger partial charge in [-0.15, -0.1) is 5.10 Å². The van der Waals surface area contributed by atoms with E-state index >= 15 is 0 Å². The third-order valence-electron chi connectivity index (χ3n) is 8.02. The number of anilines is 1. The van der Waals surface area contributed by atoms with Crippen LogP contribution in [0.2, 0.25) is 0 Å². The molecule has 0 aliphatic carbocycles. The average Bonchev–Trinajstić information content (AvgIpc) is 3.63. The summed E-state index contributed by atoms with van der Waals surface area (Å²) < 4.78 is 54.9. The summed E-state index contributed by atoms with van der Waals surface area (Å²) in [7, 11) is -7.78. The zero-order chi connectivity index (χ0) is 36.1. The predicted molar refractivity (Wildman–Crippen MR) is 196 cm³/mol. The predicted octanol–water partition coefficient (Wildman–Crippen LogP) is 6.50. The molecule has 1 N–H and O–H groups in total. The number of nitrogens with one attached hydrogen (secondary N) is 1. The first-order chi connectivity index (χ1) is 23.9. The van der Waals surface area contributed by atoms with E-state index in [1.165, 1.54) is 0 Å². The first-order valence-corrected chi connectivity index (χ1v) is 19.5. The fraction of sp³-hybridized carbons (Fsp3) is 0.250. The van der Waals surface area contributed by atoms with Gasteiger partial charge in [-0.2, -0.15) is 0 Å². The molecule has 1 aromatic heterocycles. The van der Waals surface area contributed by atoms with E-state index in [0.717, 1.165) is 32.8 Å². The maximum atomic E-state index is 13.3. The van der Waals surface area contributed by atoms with E-state index in [-0.39, 0.29) is 33.6 Å². The highest BCUT2D eigenvalue weighted by Gasteiger charge is 2.45. The van der Waals surface area contributed by atoms with Crippen LogP contribution in [-0.4, -0.2) is 60.1 Å². The first kappa shape index (κ1) is 36.6. The number of hydrogen-bond acceptors (Lipinski definition) is 8. The molecule has 0 saturated heterocycles. The summed E-state index contributed by atoms with van der Waals surface area (Å²) >= 11 is 5.93. The van der Waals surface area contributed by atoms with Crippen LogP contribution in [0, 0.1) is 6.92 Å². The molecule has 0 spiro atoms. The summed E-state index contributed by atoms with van der Waals surface area (Å²) in [5, 5.41) is 7.34. The Kier molecular flexibility index (Phi) is 11.3. The van der Waals surface area contributed by atoms with E-state index in [0.29, 0.717) is 29.8 Å². The van der Waals surface area contributed by atoms with Crippen molar-refractivity contribution in [1.29, 1.82) is 0 Å². The smallest absolute Gasteiger partial charge is 0.285 e. The Balaban J connectivity index is 0.000000219. The van der Waals surface area contributed by atoms with E-state index in [1.54, 1.807) is 71.4 Å². The maximum Gasteiger partial charge on any atom is 0.285 e. The van der Waals surface area contributed by atoms with Crippen LogP contribution in [0.5, 0.6) is 0 Å². The number of carbonyl (C=O) groups excluding carboxylic acids is 2. The van der Waals surface area contributed by atoms with Gasteiger partial charge >= 0.3 is 0 Å². The topological polar surface area (TPSA) is 139 Å². The van der Waals surface area contributed by atoms with E-state index in [9.17, 15) is 26.4 Å². The van der Waals surface area contributed by atoms with Crippen LogP contribution in [0.4, 0.5) is 5.82 Å². The molecule has 0 fully saturated rings. The van der Waals surface area contributed by atoms with E-state index in [1.807, 2.05) is 51.1 Å². The molecule has 4 aromatic rings. The van der Waals surface area contributed by atoms with Crippen LogP contribution in [0.3, 0.4) is 0 Å². The van der Waals surface area contributed by atoms with Crippen molar-refractivity contribution in [2.45, 2.75) is 46.5 Å². The van der Waals surface area contributed by atoms with Gasteiger partial charge < -0.3 is 5.32 Å². The zero-order valence-electron chi connectivity index (χ0n) is 27.9. The lowest BCUT2D eigenvalue weighted by atomic mass is 10.2. The number of aromatic nitrogens is 2. The van der Waals surface area contributed by atoms with Gasteiger partial charge in [-0.1, -0.05) is 117 Å². The van der Waals surface area contributed by atoms with Gasteiger partial charge in [0.2, 0.25) is 0 Å². The van der Waals surface area contributed by atoms with Gasteiger partial charge in [-0.05, 0) is 43.0 Å². The second kappa shape index (κ2) is 15.4. The zero-order valence-corrected chi connectivity index (χ0v) is 30.3. The van der Waals surface area contributed by atoms with Gasteiger partial charge in [0, 0.05) is 24.8 Å². The van der Waals surface area contributed by atoms with Crippen molar-refractivity contribution in [3.8, 4) is 5.69 Å². The number of hydrogen-bond donors (Lipinski definition) is 1. The van der Waals surface area contributed by atoms with Crippen molar-refractivity contribution in [3.05, 3.63) is 125 Å². The Hall–Kier alpha value is -4.72. The van der Waals surface area contributed by atoms with Gasteiger partial charge in [-0.25, -0.2) is 30.1 Å². The molecular formula is C36H38ClN5O6S2. The SMILES string of the molecule is CCCCN1C(=O)C(Cl)=C(c2ccccc2)S1(=O)=O.CCCCN1C(=O)C(Nc2cc(C)n(-c3ccccc3)n2)=C(c2ccccc2)S1(=O)=O. The minimum atomic E-state index is -3.96. The Bertz CT molecular complexity index is 2150. The van der Waals surface area contributed by atoms with Crippen molar-refractivity contribution in [2.24, 2.45) is 0 Å². The number of aryl methyl sites for hydroxylation is 1. The number of amides is 2. The molecule has 0 atom stereocenters. The molecule has 0 bridgehead atoms. The van der Waals surface area contributed by atoms with Gasteiger partial charge in [0.1, 0.15) is 20.5 Å². The molecule has 14 heteroatoms. The molecule has 50 heavy (non-hydrogen) atoms. The fourth-order valence-electron chi connectivity index (χ4n) is 5.51. The highest BCUT2D eigenvalue weighted by Crippen LogP contribution is 2.38. The van der Waals surface area contributed by atoms with Gasteiger partial charge in [0.05, 0.1) is 5.69 Å². The second-order valence-corrected chi connectivity index (χ2v) is 15.6. The highest BCUT2D eigenvalue weighted by atomic mass is 35.5. The summed E-state index contributed by atoms with van der Waals surface area (Å²) in [6.45, 7) is 6.11. The Morgan fingerprint density at radius 1 is 0.680 bits per heavy atom. The highest BCUT2D eigenvalue weighted by molar-refractivity contribution is 8.00. The van der Waals surface area contributed by atoms with Crippen LogP contribution in [-0.2, 0) is 29.6 Å². The number of para-hydroxylation sites is 1. The number of rotatable bonds is 11. The number of halogens is 1. The van der Waals surface area contributed by atoms with E-state index in [4.69, 9.17) is 11.6 Å². The minimum absolute atomic E-state index is 0.0129. The standard InChI is InChI=1S/C23H24N4O3S.C13H14ClNO3S/c1-3-4-15-26-23(28)21(22(31(26,29)30)18-11-7-5-8-12-18)24-20-16-17(2)27(25-20)19-13-9-6-10-14-19;1-2-3-9-15-13(16)11(14)12(19(15,17)18)10-7-5-4-6-8-10/h5-14,16H,3-4,15H2,1-2H3,(H,24,25);4-8H,2-3,9H2,1H3. The summed E-state index contributed by atoms with van der Waals surface area (Å²) in [6, 6.07) is 28.5. The number of nitrogens with zero attached hydrogens (tertiary/aromatic N) is 4. The largest absolute Gasteiger partial charge is 0.333 e. The van der Waals surface area contributed by atoms with Crippen molar-refractivity contribution in [1.82, 2.24) is 18.4 Å². The quantitative estimate of drug-likeness (QED) is 0.184. The third-order valence-corrected chi connectivity index (χ3v) is 12.3. The Morgan fingerprint density at radius 2 is 1.14 bits per heavy atom. The molecule has 0 unspecified atom stereocenters. The molecule has 3 aromatic carbocycles. The Labute approximate surface area is 298 Å². The molecule has 11 nitrogen and oxygen atoms in total. The van der Waals surface area contributed by atoms with Crippen LogP contribution in [0.25, 0.3) is 15.5 Å². The summed E-state index contributed by atoms with van der Waals surface area (Å²) in [5.74, 6) is -0.779. The summed E-state index contributed by atoms with van der Waals surface area (Å²) in [4.78, 5) is 25.0. The van der Waals surface area contributed by atoms with Crippen LogP contribution in [0.15, 0.2) is 108 Å². The normalized spacial score (nSPS) is 16.6. The number of benzene rings is 3. The van der Waals surface area contributed by atoms with Gasteiger partial charge in [0.15, 0.2) is 5.82 Å². The molecule has 0 saturated carbocycles. The molecule has 262 valence electrons. The third kappa shape index (κ3) is 7.25. The van der Waals surface area contributed by atoms with E-state index < -0.39 is 31.9 Å². The first-order valence-electron chi connectivity index (χ1n) is 16.2. The number of unbranched alkanes of at least 4 members (excludes halogenated alkanes) is 2. The minimum Gasteiger partial charge on any atom is -0.333 e. The van der Waals surface area contributed by atoms with Crippen LogP contribution >= 0.6 is 11.6 Å². The Morgan fingerprint density at radius 3 is 1.66 bits per heavy atom. The lowest BCUT2D eigenvalue weighted by Crippen LogP contribution is -2.33. The number of carbonyl (C=O) groups is 2. The van der Waals surface area contributed by atoms with Gasteiger partial charge in [0.25, 0.3) is 31.9 Å². The molecule has 0 radical (unpaired) electrons. The second-order valence-electron chi connectivity index (χ2n) is 11.6. The van der Waals surface area contributed by atoms with Crippen molar-refractivity contribution < 1.29 is 26.4 Å². The van der Waals surface area contributed by atoms with Crippen molar-refractivity contribution in [3.63, 3.8) is 0 Å². The monoisotopic (exact) mass is 735 g/mol. The summed E-state index contributed by atoms with van der Waals surface area (Å²) in [5.41, 5.74) is 2.67. The average molecular weight is 736 g/mol. The number of sulfonamides is 2. The molecule has 2 amide bonds. The lowest BCUT2D eigenvalue weighted by Gasteiger charge is -2.15. The maximum absolute atomic E-state index is 13.3. The molecule has 2 aliphatic heterocycles.